The molecule has 0 spiro atoms. The smallest absolute Gasteiger partial charge is 0.549 e. The van der Waals surface area contributed by atoms with Crippen LogP contribution in [0.2, 0.25) is 0 Å². The number of oxime groups is 4. The number of aliphatic hydroxyl groups excluding tert-OH is 12. The van der Waals surface area contributed by atoms with E-state index < -0.39 is 254 Å². The van der Waals surface area contributed by atoms with E-state index in [9.17, 15) is 99.3 Å². The average molecular weight is 1500 g/mol. The topological polar surface area (TPSA) is 637 Å². The van der Waals surface area contributed by atoms with Gasteiger partial charge < -0.3 is 145 Å². The van der Waals surface area contributed by atoms with Crippen molar-refractivity contribution in [2.24, 2.45) is 20.6 Å². The van der Waals surface area contributed by atoms with Crippen molar-refractivity contribution in [2.45, 2.75) is 74.5 Å². The van der Waals surface area contributed by atoms with Crippen LogP contribution in [-0.4, -0.2) is 383 Å². The minimum absolute atomic E-state index is 0. The first-order valence-electron chi connectivity index (χ1n) is 27.6. The molecule has 0 bridgehead atoms. The minimum atomic E-state index is -1.72. The number of hydrogen-bond acceptors (Lipinski definition) is 39. The zero-order valence-electron chi connectivity index (χ0n) is 50.3. The molecule has 1 radical (unpaired) electrons. The van der Waals surface area contributed by atoms with Crippen LogP contribution in [0.4, 0.5) is 0 Å². The van der Waals surface area contributed by atoms with Crippen LogP contribution >= 0.6 is 0 Å². The molecule has 93 heavy (non-hydrogen) atoms. The van der Waals surface area contributed by atoms with Crippen LogP contribution in [-0.2, 0) is 81.4 Å². The maximum absolute atomic E-state index is 13.8. The number of esters is 4. The molecule has 2 amide bonds. The van der Waals surface area contributed by atoms with Gasteiger partial charge in [-0.3, -0.25) is 24.3 Å². The van der Waals surface area contributed by atoms with E-state index in [0.717, 1.165) is 49.4 Å². The van der Waals surface area contributed by atoms with Gasteiger partial charge in [-0.1, -0.05) is 20.6 Å². The first-order valence-corrected chi connectivity index (χ1v) is 27.6. The van der Waals surface area contributed by atoms with Gasteiger partial charge in [0.2, 0.25) is 38.2 Å². The van der Waals surface area contributed by atoms with Gasteiger partial charge in [0, 0.05) is 96.4 Å². The SMILES string of the molecule is O.O=C([O-])CN(CCN(CC(=O)[O-])CC(=O)N(CCOC(=O)CO/N=C\C[C@H](O)[C@H](O)CO)CCOC(=O)CO/N=C/C[C@H](O)[C@H](O)CO)CCN(CC(=O)[O-])CC(=O)N(CCOC(=O)CO/N=C/C[C@H](O)[C@H](O)CO)CCOC(=O)CO/N=C/C[C@H](O)[C@H](O)CO.[Gd+3]. The molecule has 14 N–H and O–H groups in total. The van der Waals surface area contributed by atoms with Gasteiger partial charge in [0.15, 0.2) is 0 Å². The number of hydrogen-bond donors (Lipinski definition) is 12. The summed E-state index contributed by atoms with van der Waals surface area (Å²) in [5.74, 6) is -11.0. The summed E-state index contributed by atoms with van der Waals surface area (Å²) in [5.41, 5.74) is 0. The molecule has 0 unspecified atom stereocenters. The molecule has 0 saturated heterocycles. The monoisotopic (exact) mass is 1500 g/mol. The van der Waals surface area contributed by atoms with Gasteiger partial charge in [0.1, 0.15) is 50.8 Å². The second kappa shape index (κ2) is 56.2. The van der Waals surface area contributed by atoms with E-state index in [-0.39, 0.29) is 84.2 Å². The number of carboxylic acids is 3. The van der Waals surface area contributed by atoms with Crippen molar-refractivity contribution in [1.29, 1.82) is 0 Å². The maximum Gasteiger partial charge on any atom is 3.00 e. The zero-order chi connectivity index (χ0) is 68.5. The number of aliphatic carboxylic acids is 3. The van der Waals surface area contributed by atoms with Crippen LogP contribution in [0.25, 0.3) is 0 Å². The van der Waals surface area contributed by atoms with Crippen molar-refractivity contribution in [1.82, 2.24) is 24.5 Å². The van der Waals surface area contributed by atoms with Gasteiger partial charge in [0.05, 0.1) is 108 Å². The van der Waals surface area contributed by atoms with Crippen molar-refractivity contribution in [3.8, 4) is 0 Å². The predicted molar refractivity (Wildman–Crippen MR) is 298 cm³/mol. The molecular formula is C50H84GdN9O33. The van der Waals surface area contributed by atoms with Crippen molar-refractivity contribution in [3.63, 3.8) is 0 Å². The molecule has 0 saturated carbocycles. The number of amides is 2. The van der Waals surface area contributed by atoms with Gasteiger partial charge in [-0.05, 0) is 0 Å². The Morgan fingerprint density at radius 1 is 0.344 bits per heavy atom. The third-order valence-corrected chi connectivity index (χ3v) is 11.7. The number of aliphatic hydroxyl groups is 12. The van der Waals surface area contributed by atoms with Gasteiger partial charge in [0.25, 0.3) is 0 Å². The Morgan fingerprint density at radius 2 is 0.559 bits per heavy atom. The van der Waals surface area contributed by atoms with E-state index in [4.69, 9.17) is 58.7 Å². The summed E-state index contributed by atoms with van der Waals surface area (Å²) in [5, 5.41) is 161. The molecule has 0 fully saturated rings. The van der Waals surface area contributed by atoms with Crippen molar-refractivity contribution < 1.29 is 203 Å². The average Bonchev–Trinajstić information content (AvgIpc) is 2.09. The molecule has 0 aliphatic rings. The van der Waals surface area contributed by atoms with E-state index in [2.05, 4.69) is 20.6 Å². The quantitative estimate of drug-likeness (QED) is 0.0116. The van der Waals surface area contributed by atoms with Crippen LogP contribution in [0.15, 0.2) is 20.6 Å². The summed E-state index contributed by atoms with van der Waals surface area (Å²) in [6.07, 6.45) is -8.61. The third-order valence-electron chi connectivity index (χ3n) is 11.7. The Kier molecular flexibility index (Phi) is 55.0. The zero-order valence-corrected chi connectivity index (χ0v) is 52.6. The second-order valence-electron chi connectivity index (χ2n) is 18.9. The van der Waals surface area contributed by atoms with Gasteiger partial charge in [-0.15, -0.1) is 0 Å². The minimum Gasteiger partial charge on any atom is -0.549 e. The molecule has 43 heteroatoms. The predicted octanol–water partition coefficient (Wildman–Crippen LogP) is -15.4. The Balaban J connectivity index is -0.0000405. The summed E-state index contributed by atoms with van der Waals surface area (Å²) >= 11 is 0. The van der Waals surface area contributed by atoms with E-state index in [1.165, 1.54) is 0 Å². The first kappa shape index (κ1) is 91.0. The normalized spacial score (nSPS) is 14.1. The van der Waals surface area contributed by atoms with Gasteiger partial charge >= 0.3 is 63.8 Å². The first-order chi connectivity index (χ1) is 43.3. The molecule has 42 nitrogen and oxygen atoms in total. The van der Waals surface area contributed by atoms with Crippen molar-refractivity contribution in [3.05, 3.63) is 0 Å². The van der Waals surface area contributed by atoms with E-state index in [0.29, 0.717) is 0 Å². The van der Waals surface area contributed by atoms with E-state index in [1.54, 1.807) is 0 Å². The Morgan fingerprint density at radius 3 is 0.774 bits per heavy atom. The van der Waals surface area contributed by atoms with Crippen LogP contribution in [0.3, 0.4) is 0 Å². The largest absolute Gasteiger partial charge is 3.00 e. The molecule has 8 atom stereocenters. The summed E-state index contributed by atoms with van der Waals surface area (Å²) < 4.78 is 20.3. The van der Waals surface area contributed by atoms with E-state index >= 15 is 0 Å². The van der Waals surface area contributed by atoms with Gasteiger partial charge in [-0.25, -0.2) is 19.2 Å². The molecule has 0 aliphatic carbocycles. The molecule has 0 aromatic heterocycles. The van der Waals surface area contributed by atoms with Crippen LogP contribution in [0, 0.1) is 39.9 Å². The number of nitrogens with zero attached hydrogens (tertiary/aromatic N) is 9. The molecular weight excluding hydrogens is 1410 g/mol. The molecule has 0 aromatic rings. The summed E-state index contributed by atoms with van der Waals surface area (Å²) in [7, 11) is 0. The van der Waals surface area contributed by atoms with Gasteiger partial charge in [-0.2, -0.15) is 0 Å². The Bertz CT molecular complexity index is 2010. The summed E-state index contributed by atoms with van der Waals surface area (Å²) in [6.45, 7) is -16.0. The standard InChI is InChI=1S/C50H85N9O32.Gd.H2O/c60-26-38(68)34(64)1-5-51-88-30-47(80)84-17-13-58(14-18-85-48(81)31-89-52-6-2-35(65)39(69)27-61)42(72)21-56(24-45(76)77)11-9-55(23-44(74)75)10-12-57(25-46(78)79)22-43(73)59(15-19-86-49(82)32-90-53-7-3-36(66)40(70)28-62)16-20-87-50(83)33-91-54-8-4-37(67)41(71)29-63;;/h5-8,34-41,60-71H,1-4,9-33H2,(H,74,75)(H,76,77)(H,78,79);;1H2/q;+3;/p-3/b51-5-,52-6+,53-7+,54-8+;;/t34-,35-,36-,37-,38+,39+,40+,41+;;/m0../s1. The molecule has 535 valence electrons. The fourth-order valence-corrected chi connectivity index (χ4v) is 6.65. The van der Waals surface area contributed by atoms with Crippen LogP contribution in [0.5, 0.6) is 0 Å². The number of ether oxygens (including phenoxy) is 4. The fraction of sp³-hybridized carbons (Fsp3) is 0.740. The van der Waals surface area contributed by atoms with Crippen LogP contribution in [0.1, 0.15) is 25.7 Å². The van der Waals surface area contributed by atoms with Crippen molar-refractivity contribution >= 4 is 78.5 Å². The third kappa shape index (κ3) is 48.2. The number of carbonyl (C=O) groups excluding carboxylic acids is 9. The second-order valence-corrected chi connectivity index (χ2v) is 18.9. The maximum atomic E-state index is 13.8. The Labute approximate surface area is 563 Å². The number of carbonyl (C=O) groups is 9. The van der Waals surface area contributed by atoms with Crippen LogP contribution < -0.4 is 15.3 Å². The van der Waals surface area contributed by atoms with Crippen molar-refractivity contribution in [2.75, 3.05) is 164 Å². The summed E-state index contributed by atoms with van der Waals surface area (Å²) in [6, 6.07) is 0. The number of rotatable bonds is 56. The van der Waals surface area contributed by atoms with E-state index in [1.807, 2.05) is 0 Å². The molecule has 0 aromatic carbocycles. The number of carboxylic acid groups (broad SMARTS) is 3. The molecule has 0 aliphatic heterocycles. The molecule has 0 heterocycles. The summed E-state index contributed by atoms with van der Waals surface area (Å²) in [4.78, 5) is 137. The molecule has 0 rings (SSSR count). The Hall–Kier alpha value is -6.21. The fourth-order valence-electron chi connectivity index (χ4n) is 6.65.